The summed E-state index contributed by atoms with van der Waals surface area (Å²) in [6.45, 7) is 4.08. The Balaban J connectivity index is 2.49. The summed E-state index contributed by atoms with van der Waals surface area (Å²) in [5, 5.41) is 2.65. The first-order valence-electron chi connectivity index (χ1n) is 4.20. The predicted molar refractivity (Wildman–Crippen MR) is 49.4 cm³/mol. The van der Waals surface area contributed by atoms with Crippen molar-refractivity contribution < 1.29 is 9.21 Å². The van der Waals surface area contributed by atoms with Crippen LogP contribution >= 0.6 is 0 Å². The summed E-state index contributed by atoms with van der Waals surface area (Å²) in [5.74, 6) is 0.842. The number of furan rings is 1. The molecule has 72 valence electrons. The summed E-state index contributed by atoms with van der Waals surface area (Å²) >= 11 is 0. The van der Waals surface area contributed by atoms with Gasteiger partial charge in [-0.05, 0) is 26.0 Å². The van der Waals surface area contributed by atoms with Gasteiger partial charge in [-0.25, -0.2) is 0 Å². The topological polar surface area (TPSA) is 68.3 Å². The number of hydrogen-bond acceptors (Lipinski definition) is 3. The van der Waals surface area contributed by atoms with Gasteiger partial charge in [0.2, 0.25) is 0 Å². The fourth-order valence-corrected chi connectivity index (χ4v) is 0.897. The maximum absolute atomic E-state index is 11.3. The van der Waals surface area contributed by atoms with Crippen molar-refractivity contribution in [2.45, 2.75) is 19.9 Å². The molecular formula is C9H14N2O2. The lowest BCUT2D eigenvalue weighted by molar-refractivity contribution is 0.0923. The smallest absolute Gasteiger partial charge is 0.287 e. The van der Waals surface area contributed by atoms with Crippen LogP contribution in [0.2, 0.25) is 0 Å². The highest BCUT2D eigenvalue weighted by Crippen LogP contribution is 2.05. The standard InChI is InChI=1S/C9H14N2O2/c1-6(10)5-11-9(12)8-4-3-7(2)13-8/h3-4,6H,5,10H2,1-2H3,(H,11,12). The van der Waals surface area contributed by atoms with Gasteiger partial charge in [-0.2, -0.15) is 0 Å². The molecule has 13 heavy (non-hydrogen) atoms. The van der Waals surface area contributed by atoms with E-state index in [1.807, 2.05) is 6.92 Å². The van der Waals surface area contributed by atoms with Gasteiger partial charge in [-0.3, -0.25) is 4.79 Å². The Morgan fingerprint density at radius 1 is 1.69 bits per heavy atom. The third-order valence-electron chi connectivity index (χ3n) is 1.55. The van der Waals surface area contributed by atoms with Gasteiger partial charge in [0.25, 0.3) is 5.91 Å². The Hall–Kier alpha value is -1.29. The van der Waals surface area contributed by atoms with Crippen LogP contribution in [0.5, 0.6) is 0 Å². The first-order valence-corrected chi connectivity index (χ1v) is 4.20. The van der Waals surface area contributed by atoms with Crippen molar-refractivity contribution in [2.75, 3.05) is 6.54 Å². The molecule has 0 radical (unpaired) electrons. The van der Waals surface area contributed by atoms with E-state index >= 15 is 0 Å². The number of carbonyl (C=O) groups excluding carboxylic acids is 1. The quantitative estimate of drug-likeness (QED) is 0.721. The Bertz CT molecular complexity index is 292. The van der Waals surface area contributed by atoms with Gasteiger partial charge in [0.05, 0.1) is 0 Å². The van der Waals surface area contributed by atoms with Crippen molar-refractivity contribution >= 4 is 5.91 Å². The zero-order chi connectivity index (χ0) is 9.84. The van der Waals surface area contributed by atoms with Crippen molar-refractivity contribution in [3.8, 4) is 0 Å². The van der Waals surface area contributed by atoms with E-state index in [2.05, 4.69) is 5.32 Å². The summed E-state index contributed by atoms with van der Waals surface area (Å²) in [7, 11) is 0. The second kappa shape index (κ2) is 4.09. The minimum absolute atomic E-state index is 0.0417. The zero-order valence-electron chi connectivity index (χ0n) is 7.83. The molecule has 0 saturated carbocycles. The molecule has 4 heteroatoms. The molecule has 4 nitrogen and oxygen atoms in total. The van der Waals surface area contributed by atoms with Crippen LogP contribution in [0.4, 0.5) is 0 Å². The van der Waals surface area contributed by atoms with Gasteiger partial charge >= 0.3 is 0 Å². The van der Waals surface area contributed by atoms with E-state index in [-0.39, 0.29) is 11.9 Å². The second-order valence-corrected chi connectivity index (χ2v) is 3.10. The second-order valence-electron chi connectivity index (χ2n) is 3.10. The monoisotopic (exact) mass is 182 g/mol. The van der Waals surface area contributed by atoms with Crippen LogP contribution in [0.25, 0.3) is 0 Å². The molecule has 3 N–H and O–H groups in total. The van der Waals surface area contributed by atoms with Gasteiger partial charge in [-0.1, -0.05) is 0 Å². The highest BCUT2D eigenvalue weighted by Gasteiger charge is 2.09. The maximum atomic E-state index is 11.3. The fraction of sp³-hybridized carbons (Fsp3) is 0.444. The third kappa shape index (κ3) is 2.91. The van der Waals surface area contributed by atoms with E-state index < -0.39 is 0 Å². The molecule has 1 atom stereocenters. The maximum Gasteiger partial charge on any atom is 0.287 e. The Morgan fingerprint density at radius 2 is 2.38 bits per heavy atom. The minimum Gasteiger partial charge on any atom is -0.456 e. The number of rotatable bonds is 3. The molecule has 0 aliphatic carbocycles. The molecule has 0 aromatic carbocycles. The average molecular weight is 182 g/mol. The van der Waals surface area contributed by atoms with Gasteiger partial charge in [0, 0.05) is 12.6 Å². The number of nitrogens with two attached hydrogens (primary N) is 1. The lowest BCUT2D eigenvalue weighted by Gasteiger charge is -2.05. The van der Waals surface area contributed by atoms with Crippen molar-refractivity contribution in [1.82, 2.24) is 5.32 Å². The number of aryl methyl sites for hydroxylation is 1. The van der Waals surface area contributed by atoms with Gasteiger partial charge in [-0.15, -0.1) is 0 Å². The highest BCUT2D eigenvalue weighted by molar-refractivity contribution is 5.91. The van der Waals surface area contributed by atoms with Gasteiger partial charge in [0.1, 0.15) is 5.76 Å². The van der Waals surface area contributed by atoms with Crippen LogP contribution in [-0.4, -0.2) is 18.5 Å². The fourth-order valence-electron chi connectivity index (χ4n) is 0.897. The summed E-state index contributed by atoms with van der Waals surface area (Å²) in [6, 6.07) is 3.35. The third-order valence-corrected chi connectivity index (χ3v) is 1.55. The Kier molecular flexibility index (Phi) is 3.08. The molecule has 0 saturated heterocycles. The summed E-state index contributed by atoms with van der Waals surface area (Å²) in [4.78, 5) is 11.3. The Morgan fingerprint density at radius 3 is 2.85 bits per heavy atom. The van der Waals surface area contributed by atoms with E-state index in [0.717, 1.165) is 5.76 Å². The SMILES string of the molecule is Cc1ccc(C(=O)NCC(C)N)o1. The van der Waals surface area contributed by atoms with Crippen LogP contribution in [0.1, 0.15) is 23.2 Å². The zero-order valence-corrected chi connectivity index (χ0v) is 7.83. The molecule has 1 unspecified atom stereocenters. The van der Waals surface area contributed by atoms with E-state index in [1.165, 1.54) is 0 Å². The first-order chi connectivity index (χ1) is 6.09. The molecule has 0 spiro atoms. The molecule has 1 aromatic heterocycles. The largest absolute Gasteiger partial charge is 0.456 e. The normalized spacial score (nSPS) is 12.5. The molecular weight excluding hydrogens is 168 g/mol. The molecule has 0 bridgehead atoms. The first kappa shape index (κ1) is 9.80. The van der Waals surface area contributed by atoms with Crippen LogP contribution in [0.15, 0.2) is 16.5 Å². The van der Waals surface area contributed by atoms with Crippen molar-refractivity contribution in [1.29, 1.82) is 0 Å². The van der Waals surface area contributed by atoms with E-state index in [0.29, 0.717) is 12.3 Å². The van der Waals surface area contributed by atoms with Gasteiger partial charge < -0.3 is 15.5 Å². The van der Waals surface area contributed by atoms with Crippen molar-refractivity contribution in [3.05, 3.63) is 23.7 Å². The van der Waals surface area contributed by atoms with E-state index in [1.54, 1.807) is 19.1 Å². The summed E-state index contributed by atoms with van der Waals surface area (Å²) in [6.07, 6.45) is 0. The molecule has 1 heterocycles. The van der Waals surface area contributed by atoms with Crippen LogP contribution in [0.3, 0.4) is 0 Å². The lowest BCUT2D eigenvalue weighted by Crippen LogP contribution is -2.34. The summed E-state index contributed by atoms with van der Waals surface area (Å²) < 4.78 is 5.12. The molecule has 1 amide bonds. The minimum atomic E-state index is -0.217. The number of hydrogen-bond donors (Lipinski definition) is 2. The van der Waals surface area contributed by atoms with Crippen LogP contribution in [0, 0.1) is 6.92 Å². The molecule has 0 fully saturated rings. The lowest BCUT2D eigenvalue weighted by atomic mass is 10.3. The Labute approximate surface area is 77.1 Å². The molecule has 0 aliphatic heterocycles. The van der Waals surface area contributed by atoms with Crippen molar-refractivity contribution in [3.63, 3.8) is 0 Å². The average Bonchev–Trinajstić information content (AvgIpc) is 2.47. The van der Waals surface area contributed by atoms with Crippen LogP contribution in [-0.2, 0) is 0 Å². The number of carbonyl (C=O) groups is 1. The number of nitrogens with one attached hydrogen (secondary N) is 1. The van der Waals surface area contributed by atoms with Gasteiger partial charge in [0.15, 0.2) is 5.76 Å². The van der Waals surface area contributed by atoms with Crippen LogP contribution < -0.4 is 11.1 Å². The van der Waals surface area contributed by atoms with Crippen molar-refractivity contribution in [2.24, 2.45) is 5.73 Å². The predicted octanol–water partition coefficient (Wildman–Crippen LogP) is 0.665. The molecule has 1 aromatic rings. The number of amides is 1. The summed E-state index contributed by atoms with van der Waals surface area (Å²) in [5.41, 5.74) is 5.48. The highest BCUT2D eigenvalue weighted by atomic mass is 16.3. The van der Waals surface area contributed by atoms with E-state index in [4.69, 9.17) is 10.2 Å². The van der Waals surface area contributed by atoms with E-state index in [9.17, 15) is 4.79 Å². The molecule has 1 rings (SSSR count). The molecule has 0 aliphatic rings.